The van der Waals surface area contributed by atoms with E-state index in [1.165, 1.54) is 7.05 Å². The fourth-order valence-electron chi connectivity index (χ4n) is 0.826. The van der Waals surface area contributed by atoms with Gasteiger partial charge in [0.15, 0.2) is 0 Å². The molecule has 0 atom stereocenters. The zero-order chi connectivity index (χ0) is 10.9. The summed E-state index contributed by atoms with van der Waals surface area (Å²) in [5.41, 5.74) is 0. The summed E-state index contributed by atoms with van der Waals surface area (Å²) in [6.45, 7) is 0. The van der Waals surface area contributed by atoms with Crippen LogP contribution in [0.2, 0.25) is 10.0 Å². The first-order valence-electron chi connectivity index (χ1n) is 3.47. The third-order valence-electron chi connectivity index (χ3n) is 1.56. The van der Waals surface area contributed by atoms with Crippen LogP contribution in [0.4, 0.5) is 4.39 Å². The number of hydrogen-bond acceptors (Lipinski definition) is 2. The molecular formula is C7H6Cl2FNO2S. The monoisotopic (exact) mass is 257 g/mol. The van der Waals surface area contributed by atoms with Gasteiger partial charge in [-0.1, -0.05) is 23.2 Å². The van der Waals surface area contributed by atoms with Crippen LogP contribution in [0.5, 0.6) is 0 Å². The molecule has 7 heteroatoms. The van der Waals surface area contributed by atoms with Crippen LogP contribution in [0.3, 0.4) is 0 Å². The number of hydrogen-bond donors (Lipinski definition) is 1. The molecule has 0 heterocycles. The van der Waals surface area contributed by atoms with Gasteiger partial charge in [0.05, 0.1) is 10.0 Å². The third-order valence-corrected chi connectivity index (χ3v) is 3.99. The molecule has 0 aromatic heterocycles. The van der Waals surface area contributed by atoms with Crippen molar-refractivity contribution in [1.29, 1.82) is 0 Å². The van der Waals surface area contributed by atoms with Crippen LogP contribution >= 0.6 is 23.2 Å². The summed E-state index contributed by atoms with van der Waals surface area (Å²) in [4.78, 5) is -0.243. The van der Waals surface area contributed by atoms with E-state index in [0.717, 1.165) is 12.1 Å². The van der Waals surface area contributed by atoms with Crippen molar-refractivity contribution in [2.75, 3.05) is 7.05 Å². The van der Waals surface area contributed by atoms with Gasteiger partial charge in [0.2, 0.25) is 10.0 Å². The first-order chi connectivity index (χ1) is 6.40. The molecule has 0 radical (unpaired) electrons. The molecule has 0 fully saturated rings. The van der Waals surface area contributed by atoms with Crippen LogP contribution in [0.15, 0.2) is 17.0 Å². The number of rotatable bonds is 2. The van der Waals surface area contributed by atoms with E-state index in [1.54, 1.807) is 0 Å². The molecule has 78 valence electrons. The molecule has 0 saturated heterocycles. The minimum atomic E-state index is -3.70. The Hall–Kier alpha value is -0.360. The van der Waals surface area contributed by atoms with E-state index in [-0.39, 0.29) is 9.92 Å². The summed E-state index contributed by atoms with van der Waals surface area (Å²) in [7, 11) is -2.48. The first kappa shape index (κ1) is 11.7. The largest absolute Gasteiger partial charge is 0.241 e. The Labute approximate surface area is 90.9 Å². The molecule has 1 aromatic rings. The zero-order valence-corrected chi connectivity index (χ0v) is 9.34. The van der Waals surface area contributed by atoms with E-state index in [1.807, 2.05) is 0 Å². The minimum Gasteiger partial charge on any atom is -0.214 e. The van der Waals surface area contributed by atoms with Crippen molar-refractivity contribution in [3.05, 3.63) is 28.0 Å². The Morgan fingerprint density at radius 3 is 2.36 bits per heavy atom. The van der Waals surface area contributed by atoms with Gasteiger partial charge in [-0.3, -0.25) is 0 Å². The molecule has 1 N–H and O–H groups in total. The van der Waals surface area contributed by atoms with Gasteiger partial charge in [0.25, 0.3) is 0 Å². The highest BCUT2D eigenvalue weighted by Gasteiger charge is 2.19. The molecule has 3 nitrogen and oxygen atoms in total. The van der Waals surface area contributed by atoms with Gasteiger partial charge in [0.1, 0.15) is 10.7 Å². The highest BCUT2D eigenvalue weighted by Crippen LogP contribution is 2.30. The summed E-state index contributed by atoms with van der Waals surface area (Å²) in [5.74, 6) is -0.758. The fraction of sp³-hybridized carbons (Fsp3) is 0.143. The molecule has 0 aliphatic carbocycles. The Morgan fingerprint density at radius 1 is 1.29 bits per heavy atom. The van der Waals surface area contributed by atoms with Crippen LogP contribution in [0.25, 0.3) is 0 Å². The Morgan fingerprint density at radius 2 is 1.86 bits per heavy atom. The maximum atomic E-state index is 12.8. The average molecular weight is 258 g/mol. The van der Waals surface area contributed by atoms with Gasteiger partial charge >= 0.3 is 0 Å². The van der Waals surface area contributed by atoms with Crippen LogP contribution in [0.1, 0.15) is 0 Å². The number of sulfonamides is 1. The predicted molar refractivity (Wildman–Crippen MR) is 52.7 cm³/mol. The smallest absolute Gasteiger partial charge is 0.214 e. The maximum Gasteiger partial charge on any atom is 0.241 e. The second-order valence-electron chi connectivity index (χ2n) is 2.38. The molecule has 0 unspecified atom stereocenters. The highest BCUT2D eigenvalue weighted by molar-refractivity contribution is 7.89. The summed E-state index contributed by atoms with van der Waals surface area (Å²) >= 11 is 11.0. The normalized spacial score (nSPS) is 11.7. The van der Waals surface area contributed by atoms with Crippen molar-refractivity contribution in [3.63, 3.8) is 0 Å². The van der Waals surface area contributed by atoms with E-state index in [4.69, 9.17) is 23.2 Å². The van der Waals surface area contributed by atoms with Crippen molar-refractivity contribution < 1.29 is 12.8 Å². The molecule has 1 rings (SSSR count). The zero-order valence-electron chi connectivity index (χ0n) is 7.01. The summed E-state index contributed by atoms with van der Waals surface area (Å²) in [6, 6.07) is 1.99. The SMILES string of the molecule is CNS(=O)(=O)c1ccc(F)c(Cl)c1Cl. The maximum absolute atomic E-state index is 12.8. The van der Waals surface area contributed by atoms with E-state index < -0.39 is 20.9 Å². The summed E-state index contributed by atoms with van der Waals surface area (Å²) in [6.07, 6.45) is 0. The van der Waals surface area contributed by atoms with Gasteiger partial charge in [-0.05, 0) is 19.2 Å². The van der Waals surface area contributed by atoms with Crippen LogP contribution in [0, 0.1) is 5.82 Å². The van der Waals surface area contributed by atoms with Crippen LogP contribution in [-0.2, 0) is 10.0 Å². The second-order valence-corrected chi connectivity index (χ2v) is 4.99. The number of benzene rings is 1. The van der Waals surface area contributed by atoms with Crippen molar-refractivity contribution in [3.8, 4) is 0 Å². The van der Waals surface area contributed by atoms with Crippen molar-refractivity contribution >= 4 is 33.2 Å². The van der Waals surface area contributed by atoms with Gasteiger partial charge < -0.3 is 0 Å². The average Bonchev–Trinajstić information content (AvgIpc) is 2.14. The molecule has 0 saturated carbocycles. The van der Waals surface area contributed by atoms with Gasteiger partial charge in [-0.15, -0.1) is 0 Å². The number of nitrogens with one attached hydrogen (secondary N) is 1. The summed E-state index contributed by atoms with van der Waals surface area (Å²) < 4.78 is 37.5. The molecule has 0 spiro atoms. The van der Waals surface area contributed by atoms with E-state index in [0.29, 0.717) is 0 Å². The predicted octanol–water partition coefficient (Wildman–Crippen LogP) is 2.04. The van der Waals surface area contributed by atoms with Gasteiger partial charge in [-0.25, -0.2) is 17.5 Å². The molecule has 0 aliphatic rings. The highest BCUT2D eigenvalue weighted by atomic mass is 35.5. The lowest BCUT2D eigenvalue weighted by Gasteiger charge is -2.06. The quantitative estimate of drug-likeness (QED) is 0.825. The molecule has 0 bridgehead atoms. The van der Waals surface area contributed by atoms with E-state index >= 15 is 0 Å². The minimum absolute atomic E-state index is 0.243. The fourth-order valence-corrected chi connectivity index (χ4v) is 2.31. The number of halogens is 3. The standard InChI is InChI=1S/C7H6Cl2FNO2S/c1-11-14(12,13)5-3-2-4(10)6(8)7(5)9/h2-3,11H,1H3. The van der Waals surface area contributed by atoms with E-state index in [2.05, 4.69) is 4.72 Å². The lowest BCUT2D eigenvalue weighted by molar-refractivity contribution is 0.587. The second kappa shape index (κ2) is 4.02. The lowest BCUT2D eigenvalue weighted by atomic mass is 10.3. The van der Waals surface area contributed by atoms with Crippen molar-refractivity contribution in [2.45, 2.75) is 4.90 Å². The van der Waals surface area contributed by atoms with Gasteiger partial charge in [-0.2, -0.15) is 0 Å². The Kier molecular flexibility index (Phi) is 3.36. The molecule has 1 aromatic carbocycles. The Bertz CT molecular complexity index is 461. The topological polar surface area (TPSA) is 46.2 Å². The van der Waals surface area contributed by atoms with Crippen molar-refractivity contribution in [2.24, 2.45) is 0 Å². The molecule has 14 heavy (non-hydrogen) atoms. The first-order valence-corrected chi connectivity index (χ1v) is 5.71. The third kappa shape index (κ3) is 2.00. The van der Waals surface area contributed by atoms with Crippen molar-refractivity contribution in [1.82, 2.24) is 4.72 Å². The van der Waals surface area contributed by atoms with Crippen LogP contribution in [-0.4, -0.2) is 15.5 Å². The molecule has 0 aliphatic heterocycles. The molecular weight excluding hydrogens is 252 g/mol. The lowest BCUT2D eigenvalue weighted by Crippen LogP contribution is -2.19. The van der Waals surface area contributed by atoms with Gasteiger partial charge in [0, 0.05) is 0 Å². The van der Waals surface area contributed by atoms with E-state index in [9.17, 15) is 12.8 Å². The molecule has 0 amide bonds. The Balaban J connectivity index is 3.47. The van der Waals surface area contributed by atoms with Crippen LogP contribution < -0.4 is 4.72 Å². The summed E-state index contributed by atoms with van der Waals surface area (Å²) in [5, 5.41) is -0.719.